The molecule has 22 heavy (non-hydrogen) atoms. The van der Waals surface area contributed by atoms with E-state index in [4.69, 9.17) is 11.6 Å². The van der Waals surface area contributed by atoms with E-state index in [2.05, 4.69) is 35.7 Å². The number of para-hydroxylation sites is 2. The molecule has 1 heterocycles. The van der Waals surface area contributed by atoms with Gasteiger partial charge < -0.3 is 4.90 Å². The van der Waals surface area contributed by atoms with Gasteiger partial charge in [-0.1, -0.05) is 43.7 Å². The zero-order valence-corrected chi connectivity index (χ0v) is 14.6. The first-order valence-corrected chi connectivity index (χ1v) is 7.78. The number of rotatable bonds is 3. The van der Waals surface area contributed by atoms with Gasteiger partial charge in [-0.05, 0) is 37.6 Å². The summed E-state index contributed by atoms with van der Waals surface area (Å²) < 4.78 is 0. The number of anilines is 1. The molecule has 3 heteroatoms. The number of aliphatic imine (C=N–C) groups is 1. The van der Waals surface area contributed by atoms with Crippen LogP contribution in [0.15, 0.2) is 52.0 Å². The molecule has 0 unspecified atom stereocenters. The number of fused-ring (bicyclic) bond motifs is 1. The highest BCUT2D eigenvalue weighted by molar-refractivity contribution is 6.31. The van der Waals surface area contributed by atoms with Crippen LogP contribution < -0.4 is 4.90 Å². The number of hydrogen-bond acceptors (Lipinski definition) is 2. The van der Waals surface area contributed by atoms with E-state index in [0.29, 0.717) is 0 Å². The summed E-state index contributed by atoms with van der Waals surface area (Å²) in [5.74, 6) is 0. The van der Waals surface area contributed by atoms with Crippen LogP contribution in [0.1, 0.15) is 27.7 Å². The van der Waals surface area contributed by atoms with Gasteiger partial charge in [0.05, 0.1) is 17.9 Å². The first-order valence-electron chi connectivity index (χ1n) is 7.40. The lowest BCUT2D eigenvalue weighted by atomic mass is 10.2. The molecule has 118 valence electrons. The molecule has 2 rings (SSSR count). The minimum Gasteiger partial charge on any atom is -0.360 e. The molecule has 0 spiro atoms. The average Bonchev–Trinajstić information content (AvgIpc) is 2.59. The molecule has 0 fully saturated rings. The van der Waals surface area contributed by atoms with Gasteiger partial charge in [0.15, 0.2) is 0 Å². The molecule has 0 N–H and O–H groups in total. The van der Waals surface area contributed by atoms with Gasteiger partial charge in [0.1, 0.15) is 0 Å². The van der Waals surface area contributed by atoms with Crippen molar-refractivity contribution in [2.45, 2.75) is 27.7 Å². The summed E-state index contributed by atoms with van der Waals surface area (Å²) in [6.45, 7) is 9.69. The third-order valence-electron chi connectivity index (χ3n) is 2.90. The average molecular weight is 317 g/mol. The van der Waals surface area contributed by atoms with Crippen LogP contribution in [-0.2, 0) is 0 Å². The largest absolute Gasteiger partial charge is 0.360 e. The molecule has 0 aromatic heterocycles. The number of allylic oxidation sites excluding steroid dienone is 3. The standard InChI is InChI=1S/C15H17ClN2.C2H6.C2H2/c1-3-6-13(16)12(2)11-18-10-9-17-14-7-4-5-8-15(14)18;2*1-2/h3-9H,10-11H2,1-2H3;1-2H3;1-2H/b6-3-,13-12+;;. The molecule has 0 aliphatic carbocycles. The zero-order chi connectivity index (χ0) is 17.0. The van der Waals surface area contributed by atoms with Crippen LogP contribution in [0.5, 0.6) is 0 Å². The number of halogens is 1. The lowest BCUT2D eigenvalue weighted by Gasteiger charge is -2.27. The van der Waals surface area contributed by atoms with Gasteiger partial charge in [0.2, 0.25) is 0 Å². The van der Waals surface area contributed by atoms with Gasteiger partial charge in [0, 0.05) is 17.8 Å². The smallest absolute Gasteiger partial charge is 0.0860 e. The number of hydrogen-bond donors (Lipinski definition) is 0. The Balaban J connectivity index is 0.00000102. The Hall–Kier alpha value is -1.98. The number of nitrogens with zero attached hydrogens (tertiary/aromatic N) is 2. The van der Waals surface area contributed by atoms with E-state index in [1.54, 1.807) is 0 Å². The quantitative estimate of drug-likeness (QED) is 0.525. The maximum atomic E-state index is 6.21. The lowest BCUT2D eigenvalue weighted by Crippen LogP contribution is -2.29. The Kier molecular flexibility index (Phi) is 10.6. The summed E-state index contributed by atoms with van der Waals surface area (Å²) in [5, 5.41) is 0.817. The van der Waals surface area contributed by atoms with Crippen molar-refractivity contribution >= 4 is 29.2 Å². The van der Waals surface area contributed by atoms with Crippen molar-refractivity contribution in [1.82, 2.24) is 0 Å². The Bertz CT molecular complexity index is 554. The van der Waals surface area contributed by atoms with Crippen molar-refractivity contribution in [2.75, 3.05) is 18.0 Å². The van der Waals surface area contributed by atoms with E-state index in [0.717, 1.165) is 23.8 Å². The second-order valence-electron chi connectivity index (χ2n) is 4.31. The fraction of sp³-hybridized carbons (Fsp3) is 0.316. The van der Waals surface area contributed by atoms with Gasteiger partial charge >= 0.3 is 0 Å². The van der Waals surface area contributed by atoms with E-state index in [1.165, 1.54) is 11.3 Å². The molecular formula is C19H25ClN2. The second kappa shape index (κ2) is 11.7. The molecule has 0 atom stereocenters. The van der Waals surface area contributed by atoms with Crippen molar-refractivity contribution in [3.05, 3.63) is 47.0 Å². The maximum absolute atomic E-state index is 6.21. The molecule has 0 radical (unpaired) electrons. The van der Waals surface area contributed by atoms with Crippen LogP contribution in [0.25, 0.3) is 0 Å². The Morgan fingerprint density at radius 2 is 1.95 bits per heavy atom. The van der Waals surface area contributed by atoms with E-state index in [-0.39, 0.29) is 0 Å². The molecule has 0 saturated heterocycles. The number of terminal acetylenes is 1. The minimum atomic E-state index is 0.817. The van der Waals surface area contributed by atoms with Crippen LogP contribution in [0.2, 0.25) is 0 Å². The van der Waals surface area contributed by atoms with Crippen LogP contribution in [0, 0.1) is 12.8 Å². The summed E-state index contributed by atoms with van der Waals surface area (Å²) in [7, 11) is 0. The van der Waals surface area contributed by atoms with Gasteiger partial charge in [-0.15, -0.1) is 12.8 Å². The topological polar surface area (TPSA) is 15.6 Å². The predicted octanol–water partition coefficient (Wildman–Crippen LogP) is 5.57. The normalized spacial score (nSPS) is 13.3. The highest BCUT2D eigenvalue weighted by Gasteiger charge is 2.14. The number of benzene rings is 1. The molecular weight excluding hydrogens is 292 g/mol. The third kappa shape index (κ3) is 5.79. The summed E-state index contributed by atoms with van der Waals surface area (Å²) in [6, 6.07) is 8.18. The lowest BCUT2D eigenvalue weighted by molar-refractivity contribution is 0.932. The fourth-order valence-electron chi connectivity index (χ4n) is 1.98. The molecule has 0 bridgehead atoms. The van der Waals surface area contributed by atoms with Gasteiger partial charge in [-0.25, -0.2) is 0 Å². The molecule has 1 aliphatic heterocycles. The monoisotopic (exact) mass is 316 g/mol. The summed E-state index contributed by atoms with van der Waals surface area (Å²) in [4.78, 5) is 6.68. The van der Waals surface area contributed by atoms with Gasteiger partial charge in [-0.2, -0.15) is 0 Å². The summed E-state index contributed by atoms with van der Waals surface area (Å²) >= 11 is 6.21. The van der Waals surface area contributed by atoms with E-state index < -0.39 is 0 Å². The summed E-state index contributed by atoms with van der Waals surface area (Å²) in [5.41, 5.74) is 3.36. The Labute approximate surface area is 140 Å². The zero-order valence-electron chi connectivity index (χ0n) is 13.9. The second-order valence-corrected chi connectivity index (χ2v) is 4.72. The van der Waals surface area contributed by atoms with Crippen LogP contribution in [-0.4, -0.2) is 19.3 Å². The van der Waals surface area contributed by atoms with E-state index in [1.807, 2.05) is 57.3 Å². The van der Waals surface area contributed by atoms with Crippen LogP contribution >= 0.6 is 11.6 Å². The third-order valence-corrected chi connectivity index (χ3v) is 3.35. The van der Waals surface area contributed by atoms with Crippen LogP contribution in [0.4, 0.5) is 11.4 Å². The van der Waals surface area contributed by atoms with Crippen molar-refractivity contribution in [2.24, 2.45) is 4.99 Å². The molecule has 0 saturated carbocycles. The Morgan fingerprint density at radius 1 is 1.32 bits per heavy atom. The minimum absolute atomic E-state index is 0.817. The first kappa shape index (κ1) is 20.0. The van der Waals surface area contributed by atoms with Crippen molar-refractivity contribution in [3.63, 3.8) is 0 Å². The molecule has 0 amide bonds. The van der Waals surface area contributed by atoms with E-state index in [9.17, 15) is 0 Å². The van der Waals surface area contributed by atoms with E-state index >= 15 is 0 Å². The van der Waals surface area contributed by atoms with Crippen molar-refractivity contribution in [1.29, 1.82) is 0 Å². The van der Waals surface area contributed by atoms with Crippen molar-refractivity contribution in [3.8, 4) is 12.8 Å². The fourth-order valence-corrected chi connectivity index (χ4v) is 2.16. The molecule has 1 aromatic rings. The molecule has 1 aliphatic rings. The van der Waals surface area contributed by atoms with Crippen LogP contribution in [0.3, 0.4) is 0 Å². The Morgan fingerprint density at radius 3 is 2.59 bits per heavy atom. The SMILES string of the molecule is C#C.C/C=C\C(Cl)=C(\C)CN1CC=Nc2ccccc21.CC. The molecule has 1 aromatic carbocycles. The highest BCUT2D eigenvalue weighted by atomic mass is 35.5. The molecule has 2 nitrogen and oxygen atoms in total. The maximum Gasteiger partial charge on any atom is 0.0860 e. The van der Waals surface area contributed by atoms with Gasteiger partial charge in [-0.3, -0.25) is 4.99 Å². The van der Waals surface area contributed by atoms with Gasteiger partial charge in [0.25, 0.3) is 0 Å². The highest BCUT2D eigenvalue weighted by Crippen LogP contribution is 2.31. The predicted molar refractivity (Wildman–Crippen MR) is 101 cm³/mol. The first-order chi connectivity index (χ1) is 10.7. The van der Waals surface area contributed by atoms with Crippen molar-refractivity contribution < 1.29 is 0 Å². The summed E-state index contributed by atoms with van der Waals surface area (Å²) in [6.07, 6.45) is 13.8.